The lowest BCUT2D eigenvalue weighted by Crippen LogP contribution is -1.95. The Hall–Kier alpha value is -0.200. The molecular formula is C9H10Cl2. The Balaban J connectivity index is 2.78. The molecule has 0 aliphatic heterocycles. The maximum Gasteiger partial charge on any atom is 0.111 e. The number of alkyl halides is 2. The smallest absolute Gasteiger partial charge is 0.105 e. The molecule has 2 heteroatoms. The molecule has 0 N–H and O–H groups in total. The van der Waals surface area contributed by atoms with Crippen LogP contribution in [-0.2, 0) is 6.42 Å². The zero-order chi connectivity index (χ0) is 8.27. The summed E-state index contributed by atoms with van der Waals surface area (Å²) >= 11 is 11.3. The largest absolute Gasteiger partial charge is 0.111 e. The Bertz CT molecular complexity index is 231. The number of hydrogen-bond acceptors (Lipinski definition) is 0. The van der Waals surface area contributed by atoms with E-state index < -0.39 is 0 Å². The van der Waals surface area contributed by atoms with E-state index in [1.165, 1.54) is 11.1 Å². The highest BCUT2D eigenvalue weighted by molar-refractivity contribution is 6.44. The Morgan fingerprint density at radius 3 is 2.45 bits per heavy atom. The summed E-state index contributed by atoms with van der Waals surface area (Å²) in [6.45, 7) is 2.06. The van der Waals surface area contributed by atoms with Gasteiger partial charge in [0.2, 0.25) is 0 Å². The summed E-state index contributed by atoms with van der Waals surface area (Å²) in [5.41, 5.74) is 2.47. The fraction of sp³-hybridized carbons (Fsp3) is 0.333. The summed E-state index contributed by atoms with van der Waals surface area (Å²) in [5, 5.41) is 0. The van der Waals surface area contributed by atoms with Gasteiger partial charge in [-0.2, -0.15) is 0 Å². The molecule has 0 spiro atoms. The van der Waals surface area contributed by atoms with Gasteiger partial charge in [-0.1, -0.05) is 24.3 Å². The normalized spacial score (nSPS) is 10.5. The molecule has 1 aromatic rings. The van der Waals surface area contributed by atoms with Crippen molar-refractivity contribution in [2.45, 2.75) is 18.2 Å². The minimum absolute atomic E-state index is 0.295. The van der Waals surface area contributed by atoms with E-state index in [-0.39, 0.29) is 4.84 Å². The first-order valence-corrected chi connectivity index (χ1v) is 4.40. The molecule has 11 heavy (non-hydrogen) atoms. The van der Waals surface area contributed by atoms with E-state index in [4.69, 9.17) is 23.2 Å². The topological polar surface area (TPSA) is 0 Å². The number of hydrogen-bond donors (Lipinski definition) is 0. The van der Waals surface area contributed by atoms with Gasteiger partial charge in [-0.3, -0.25) is 0 Å². The lowest BCUT2D eigenvalue weighted by atomic mass is 10.1. The molecule has 0 saturated heterocycles. The Morgan fingerprint density at radius 2 is 1.91 bits per heavy atom. The number of aryl methyl sites for hydroxylation is 1. The molecule has 0 atom stereocenters. The van der Waals surface area contributed by atoms with Gasteiger partial charge in [0.1, 0.15) is 4.84 Å². The van der Waals surface area contributed by atoms with Crippen molar-refractivity contribution < 1.29 is 0 Å². The Morgan fingerprint density at radius 1 is 1.27 bits per heavy atom. The molecule has 0 radical (unpaired) electrons. The van der Waals surface area contributed by atoms with Gasteiger partial charge in [-0.15, -0.1) is 23.2 Å². The van der Waals surface area contributed by atoms with Crippen molar-refractivity contribution in [2.75, 3.05) is 0 Å². The molecule has 0 saturated carbocycles. The molecule has 0 unspecified atom stereocenters. The minimum atomic E-state index is -0.295. The molecule has 0 aliphatic carbocycles. The van der Waals surface area contributed by atoms with Crippen LogP contribution in [0.3, 0.4) is 0 Å². The highest BCUT2D eigenvalue weighted by Crippen LogP contribution is 2.14. The third kappa shape index (κ3) is 2.72. The van der Waals surface area contributed by atoms with E-state index in [0.717, 1.165) is 6.42 Å². The number of halogens is 2. The van der Waals surface area contributed by atoms with Crippen molar-refractivity contribution >= 4 is 23.2 Å². The molecule has 0 bridgehead atoms. The van der Waals surface area contributed by atoms with Crippen LogP contribution in [0.5, 0.6) is 0 Å². The van der Waals surface area contributed by atoms with Crippen LogP contribution in [0.1, 0.15) is 11.1 Å². The molecule has 0 nitrogen and oxygen atoms in total. The van der Waals surface area contributed by atoms with Crippen LogP contribution >= 0.6 is 23.2 Å². The second-order valence-electron chi connectivity index (χ2n) is 2.52. The van der Waals surface area contributed by atoms with Crippen molar-refractivity contribution in [2.24, 2.45) is 0 Å². The van der Waals surface area contributed by atoms with Crippen LogP contribution in [0.4, 0.5) is 0 Å². The van der Waals surface area contributed by atoms with Crippen LogP contribution in [-0.4, -0.2) is 4.84 Å². The van der Waals surface area contributed by atoms with E-state index in [9.17, 15) is 0 Å². The third-order valence-corrected chi connectivity index (χ3v) is 1.94. The van der Waals surface area contributed by atoms with Crippen LogP contribution in [0, 0.1) is 6.92 Å². The van der Waals surface area contributed by atoms with Crippen molar-refractivity contribution in [3.63, 3.8) is 0 Å². The Kier molecular flexibility index (Phi) is 3.22. The molecular weight excluding hydrogens is 179 g/mol. The lowest BCUT2D eigenvalue weighted by molar-refractivity contribution is 1.06. The van der Waals surface area contributed by atoms with Gasteiger partial charge < -0.3 is 0 Å². The maximum atomic E-state index is 5.65. The van der Waals surface area contributed by atoms with E-state index in [2.05, 4.69) is 13.0 Å². The standard InChI is InChI=1S/C9H10Cl2/c1-7-4-2-3-5-8(7)6-9(10)11/h2-5,9H,6H2,1H3. The van der Waals surface area contributed by atoms with Gasteiger partial charge in [0.05, 0.1) is 0 Å². The van der Waals surface area contributed by atoms with E-state index in [0.29, 0.717) is 0 Å². The summed E-state index contributed by atoms with van der Waals surface area (Å²) < 4.78 is 0. The van der Waals surface area contributed by atoms with Crippen LogP contribution < -0.4 is 0 Å². The van der Waals surface area contributed by atoms with Crippen LogP contribution in [0.25, 0.3) is 0 Å². The van der Waals surface area contributed by atoms with Gasteiger partial charge in [0, 0.05) is 6.42 Å². The van der Waals surface area contributed by atoms with Crippen LogP contribution in [0.2, 0.25) is 0 Å². The average Bonchev–Trinajstić information content (AvgIpc) is 1.93. The van der Waals surface area contributed by atoms with Gasteiger partial charge in [0.15, 0.2) is 0 Å². The second kappa shape index (κ2) is 3.99. The van der Waals surface area contributed by atoms with Gasteiger partial charge >= 0.3 is 0 Å². The van der Waals surface area contributed by atoms with Gasteiger partial charge in [-0.25, -0.2) is 0 Å². The maximum absolute atomic E-state index is 5.65. The second-order valence-corrected chi connectivity index (χ2v) is 3.80. The van der Waals surface area contributed by atoms with Gasteiger partial charge in [0.25, 0.3) is 0 Å². The lowest BCUT2D eigenvalue weighted by Gasteiger charge is -2.04. The summed E-state index contributed by atoms with van der Waals surface area (Å²) in [5.74, 6) is 0. The average molecular weight is 189 g/mol. The predicted octanol–water partition coefficient (Wildman–Crippen LogP) is 3.34. The summed E-state index contributed by atoms with van der Waals surface area (Å²) in [6.07, 6.45) is 0.732. The number of benzene rings is 1. The van der Waals surface area contributed by atoms with E-state index >= 15 is 0 Å². The van der Waals surface area contributed by atoms with Gasteiger partial charge in [-0.05, 0) is 18.1 Å². The van der Waals surface area contributed by atoms with Crippen molar-refractivity contribution in [1.82, 2.24) is 0 Å². The molecule has 60 valence electrons. The third-order valence-electron chi connectivity index (χ3n) is 1.64. The monoisotopic (exact) mass is 188 g/mol. The molecule has 1 rings (SSSR count). The van der Waals surface area contributed by atoms with Crippen molar-refractivity contribution in [3.8, 4) is 0 Å². The molecule has 0 aliphatic rings. The Labute approximate surface area is 77.1 Å². The first kappa shape index (κ1) is 8.89. The van der Waals surface area contributed by atoms with E-state index in [1.807, 2.05) is 18.2 Å². The highest BCUT2D eigenvalue weighted by Gasteiger charge is 2.02. The molecule has 0 fully saturated rings. The SMILES string of the molecule is Cc1ccccc1CC(Cl)Cl. The highest BCUT2D eigenvalue weighted by atomic mass is 35.5. The first-order valence-electron chi connectivity index (χ1n) is 3.53. The zero-order valence-electron chi connectivity index (χ0n) is 6.35. The molecule has 0 aromatic heterocycles. The summed E-state index contributed by atoms with van der Waals surface area (Å²) in [6, 6.07) is 8.12. The minimum Gasteiger partial charge on any atom is -0.105 e. The predicted molar refractivity (Wildman–Crippen MR) is 50.4 cm³/mol. The molecule has 0 amide bonds. The van der Waals surface area contributed by atoms with Crippen LogP contribution in [0.15, 0.2) is 24.3 Å². The summed E-state index contributed by atoms with van der Waals surface area (Å²) in [7, 11) is 0. The van der Waals surface area contributed by atoms with E-state index in [1.54, 1.807) is 0 Å². The van der Waals surface area contributed by atoms with Crippen molar-refractivity contribution in [3.05, 3.63) is 35.4 Å². The molecule has 0 heterocycles. The first-order chi connectivity index (χ1) is 5.20. The quantitative estimate of drug-likeness (QED) is 0.626. The fourth-order valence-corrected chi connectivity index (χ4v) is 1.34. The zero-order valence-corrected chi connectivity index (χ0v) is 7.86. The fourth-order valence-electron chi connectivity index (χ4n) is 1.01. The van der Waals surface area contributed by atoms with Crippen molar-refractivity contribution in [1.29, 1.82) is 0 Å². The summed E-state index contributed by atoms with van der Waals surface area (Å²) in [4.78, 5) is -0.295. The number of rotatable bonds is 2. The molecule has 1 aromatic carbocycles.